The molecule has 260 valence electrons. The third-order valence-electron chi connectivity index (χ3n) is 14.6. The van der Waals surface area contributed by atoms with Crippen LogP contribution in [0.3, 0.4) is 0 Å². The Balaban J connectivity index is 1.44. The standard InChI is InChI=1S/C38H60O8/c1-10-11-18-44-31(39)20-32(40)45-29-15-16-35(7)27-19-30-37(9)25(22(2)21-38(43,46-30)24(4)23(3)33(41)42)14-17-36(37,8)26(27)12-13-28(35)34(29,5)6/h22-25,28-30,43H,10-21H2,1-9H3,(H,41,42). The van der Waals surface area contributed by atoms with Crippen molar-refractivity contribution < 1.29 is 38.8 Å². The molecule has 1 heterocycles. The number of carboxylic acid groups (broad SMARTS) is 1. The lowest BCUT2D eigenvalue weighted by atomic mass is 9.42. The molecule has 0 aromatic carbocycles. The number of aliphatic hydroxyl groups is 1. The Morgan fingerprint density at radius 3 is 2.35 bits per heavy atom. The molecule has 1 aliphatic heterocycles. The van der Waals surface area contributed by atoms with Gasteiger partial charge in [0.05, 0.1) is 18.6 Å². The van der Waals surface area contributed by atoms with Crippen LogP contribution in [-0.2, 0) is 28.6 Å². The number of hydrogen-bond donors (Lipinski definition) is 2. The molecule has 0 aromatic heterocycles. The van der Waals surface area contributed by atoms with Gasteiger partial charge in [-0.2, -0.15) is 0 Å². The Labute approximate surface area is 276 Å². The second kappa shape index (κ2) is 12.2. The van der Waals surface area contributed by atoms with Crippen molar-refractivity contribution in [2.75, 3.05) is 6.61 Å². The number of fused-ring (bicyclic) bond motifs is 3. The molecule has 0 radical (unpaired) electrons. The van der Waals surface area contributed by atoms with Gasteiger partial charge in [0.15, 0.2) is 5.79 Å². The van der Waals surface area contributed by atoms with Crippen LogP contribution in [0, 0.1) is 51.2 Å². The summed E-state index contributed by atoms with van der Waals surface area (Å²) < 4.78 is 18.2. The number of rotatable bonds is 9. The van der Waals surface area contributed by atoms with E-state index in [1.807, 2.05) is 13.8 Å². The zero-order valence-corrected chi connectivity index (χ0v) is 29.9. The third-order valence-corrected chi connectivity index (χ3v) is 14.6. The van der Waals surface area contributed by atoms with Crippen LogP contribution in [0.15, 0.2) is 11.1 Å². The Kier molecular flexibility index (Phi) is 9.38. The van der Waals surface area contributed by atoms with Crippen LogP contribution in [0.1, 0.15) is 133 Å². The van der Waals surface area contributed by atoms with E-state index in [0.29, 0.717) is 25.4 Å². The van der Waals surface area contributed by atoms with Crippen molar-refractivity contribution in [1.82, 2.24) is 0 Å². The van der Waals surface area contributed by atoms with Crippen LogP contribution in [-0.4, -0.2) is 52.7 Å². The van der Waals surface area contributed by atoms with Crippen molar-refractivity contribution in [1.29, 1.82) is 0 Å². The number of unbranched alkanes of at least 4 members (excludes halogenated alkanes) is 1. The van der Waals surface area contributed by atoms with Crippen LogP contribution >= 0.6 is 0 Å². The highest BCUT2D eigenvalue weighted by atomic mass is 16.6. The predicted octanol–water partition coefficient (Wildman–Crippen LogP) is 7.46. The zero-order valence-electron chi connectivity index (χ0n) is 29.9. The highest BCUT2D eigenvalue weighted by molar-refractivity contribution is 5.91. The fraction of sp³-hybridized carbons (Fsp3) is 0.868. The van der Waals surface area contributed by atoms with Gasteiger partial charge in [0.2, 0.25) is 0 Å². The van der Waals surface area contributed by atoms with Gasteiger partial charge in [0.1, 0.15) is 12.5 Å². The molecule has 0 aromatic rings. The molecule has 3 fully saturated rings. The van der Waals surface area contributed by atoms with Gasteiger partial charge in [-0.15, -0.1) is 0 Å². The van der Waals surface area contributed by atoms with Gasteiger partial charge in [0.25, 0.3) is 0 Å². The number of hydrogen-bond acceptors (Lipinski definition) is 7. The number of carbonyl (C=O) groups excluding carboxylic acids is 2. The number of carbonyl (C=O) groups is 3. The summed E-state index contributed by atoms with van der Waals surface area (Å²) in [6, 6.07) is 0. The van der Waals surface area contributed by atoms with E-state index in [2.05, 4.69) is 41.5 Å². The van der Waals surface area contributed by atoms with E-state index in [1.165, 1.54) is 5.57 Å². The van der Waals surface area contributed by atoms with Crippen LogP contribution in [0.25, 0.3) is 0 Å². The lowest BCUT2D eigenvalue weighted by Crippen LogP contribution is -2.59. The summed E-state index contributed by atoms with van der Waals surface area (Å²) in [5.41, 5.74) is 2.37. The molecule has 8 nitrogen and oxygen atoms in total. The second-order valence-corrected chi connectivity index (χ2v) is 17.1. The molecule has 2 N–H and O–H groups in total. The first kappa shape index (κ1) is 35.4. The maximum atomic E-state index is 12.9. The van der Waals surface area contributed by atoms with Crippen molar-refractivity contribution in [2.45, 2.75) is 151 Å². The first-order chi connectivity index (χ1) is 21.4. The first-order valence-electron chi connectivity index (χ1n) is 18.1. The lowest BCUT2D eigenvalue weighted by Gasteiger charge is -2.63. The molecular weight excluding hydrogens is 584 g/mol. The average molecular weight is 645 g/mol. The maximum absolute atomic E-state index is 12.9. The Hall–Kier alpha value is -1.93. The van der Waals surface area contributed by atoms with Gasteiger partial charge in [-0.1, -0.05) is 79.9 Å². The number of ether oxygens (including phenoxy) is 3. The molecular formula is C38H60O8. The number of esters is 2. The fourth-order valence-corrected chi connectivity index (χ4v) is 11.5. The smallest absolute Gasteiger partial charge is 0.317 e. The maximum Gasteiger partial charge on any atom is 0.317 e. The Morgan fingerprint density at radius 1 is 1.00 bits per heavy atom. The van der Waals surface area contributed by atoms with Gasteiger partial charge in [-0.05, 0) is 80.0 Å². The normalized spacial score (nSPS) is 42.5. The summed E-state index contributed by atoms with van der Waals surface area (Å²) in [4.78, 5) is 37.1. The monoisotopic (exact) mass is 644 g/mol. The third kappa shape index (κ3) is 5.36. The van der Waals surface area contributed by atoms with E-state index in [-0.39, 0.29) is 52.1 Å². The Bertz CT molecular complexity index is 1250. The lowest BCUT2D eigenvalue weighted by molar-refractivity contribution is -0.286. The van der Waals surface area contributed by atoms with Crippen molar-refractivity contribution >= 4 is 17.9 Å². The average Bonchev–Trinajstić information content (AvgIpc) is 3.21. The van der Waals surface area contributed by atoms with Gasteiger partial charge < -0.3 is 24.4 Å². The molecule has 0 spiro atoms. The molecule has 0 amide bonds. The fourth-order valence-electron chi connectivity index (χ4n) is 11.5. The summed E-state index contributed by atoms with van der Waals surface area (Å²) in [5, 5.41) is 22.1. The zero-order chi connectivity index (χ0) is 34.0. The molecule has 2 saturated carbocycles. The molecule has 8 heteroatoms. The quantitative estimate of drug-likeness (QED) is 0.115. The second-order valence-electron chi connectivity index (χ2n) is 17.1. The minimum atomic E-state index is -1.52. The molecule has 4 aliphatic carbocycles. The van der Waals surface area contributed by atoms with E-state index in [1.54, 1.807) is 12.5 Å². The Morgan fingerprint density at radius 2 is 1.70 bits per heavy atom. The number of allylic oxidation sites excluding steroid dienone is 1. The number of aliphatic carboxylic acids is 1. The molecule has 0 bridgehead atoms. The van der Waals surface area contributed by atoms with E-state index >= 15 is 0 Å². The van der Waals surface area contributed by atoms with Crippen molar-refractivity contribution in [3.8, 4) is 0 Å². The summed E-state index contributed by atoms with van der Waals surface area (Å²) in [6.07, 6.45) is 7.77. The molecule has 11 atom stereocenters. The highest BCUT2D eigenvalue weighted by Gasteiger charge is 2.69. The molecule has 1 saturated heterocycles. The van der Waals surface area contributed by atoms with Crippen molar-refractivity contribution in [3.63, 3.8) is 0 Å². The summed E-state index contributed by atoms with van der Waals surface area (Å²) in [5.74, 6) is -3.92. The van der Waals surface area contributed by atoms with Crippen LogP contribution in [0.4, 0.5) is 0 Å². The van der Waals surface area contributed by atoms with Crippen LogP contribution in [0.2, 0.25) is 0 Å². The molecule has 46 heavy (non-hydrogen) atoms. The topological polar surface area (TPSA) is 119 Å². The van der Waals surface area contributed by atoms with Gasteiger partial charge in [0, 0.05) is 23.2 Å². The van der Waals surface area contributed by atoms with Crippen LogP contribution in [0.5, 0.6) is 0 Å². The van der Waals surface area contributed by atoms with E-state index in [0.717, 1.165) is 51.4 Å². The van der Waals surface area contributed by atoms with Crippen molar-refractivity contribution in [3.05, 3.63) is 11.1 Å². The largest absolute Gasteiger partial charge is 0.481 e. The van der Waals surface area contributed by atoms with Crippen molar-refractivity contribution in [2.24, 2.45) is 51.2 Å². The summed E-state index contributed by atoms with van der Waals surface area (Å²) in [7, 11) is 0. The highest BCUT2D eigenvalue weighted by Crippen LogP contribution is 2.74. The molecule has 5 aliphatic rings. The summed E-state index contributed by atoms with van der Waals surface area (Å²) in [6.45, 7) is 19.8. The summed E-state index contributed by atoms with van der Waals surface area (Å²) >= 11 is 0. The van der Waals surface area contributed by atoms with Gasteiger partial charge >= 0.3 is 17.9 Å². The number of carboxylic acids is 1. The minimum absolute atomic E-state index is 0.0728. The minimum Gasteiger partial charge on any atom is -0.481 e. The van der Waals surface area contributed by atoms with Crippen LogP contribution < -0.4 is 0 Å². The van der Waals surface area contributed by atoms with E-state index in [9.17, 15) is 24.6 Å². The first-order valence-corrected chi connectivity index (χ1v) is 18.1. The van der Waals surface area contributed by atoms with E-state index in [4.69, 9.17) is 14.2 Å². The predicted molar refractivity (Wildman–Crippen MR) is 174 cm³/mol. The van der Waals surface area contributed by atoms with Gasteiger partial charge in [-0.25, -0.2) is 0 Å². The van der Waals surface area contributed by atoms with E-state index < -0.39 is 35.5 Å². The van der Waals surface area contributed by atoms with Gasteiger partial charge in [-0.3, -0.25) is 14.4 Å². The SMILES string of the molecule is CCCCOC(=O)CC(=O)OC1CCC2(C)C3=C(CCC2C1(C)C)C1(C)CCC2C(C)CC(O)(C(C)C(C)C(=O)O)OC(C3)C21C. The molecule has 11 unspecified atom stereocenters. The molecule has 5 rings (SSSR count).